The Hall–Kier alpha value is -1.28. The summed E-state index contributed by atoms with van der Waals surface area (Å²) in [6, 6.07) is 4.03. The summed E-state index contributed by atoms with van der Waals surface area (Å²) in [7, 11) is 0. The van der Waals surface area contributed by atoms with Gasteiger partial charge >= 0.3 is 12.3 Å². The maximum Gasteiger partial charge on any atom is 0.422 e. The summed E-state index contributed by atoms with van der Waals surface area (Å²) in [6.45, 7) is 1.56. The van der Waals surface area contributed by atoms with Gasteiger partial charge in [-0.2, -0.15) is 13.2 Å². The molecule has 1 aromatic heterocycles. The number of carbonyl (C=O) groups is 1. The second-order valence-electron chi connectivity index (χ2n) is 4.87. The number of hydrogen-bond donors (Lipinski definition) is 0. The van der Waals surface area contributed by atoms with Crippen molar-refractivity contribution in [3.63, 3.8) is 0 Å². The van der Waals surface area contributed by atoms with Crippen molar-refractivity contribution < 1.29 is 22.7 Å². The third-order valence-corrected chi connectivity index (χ3v) is 4.03. The number of hydrogen-bond acceptors (Lipinski definition) is 4. The third kappa shape index (κ3) is 5.55. The molecule has 21 heavy (non-hydrogen) atoms. The van der Waals surface area contributed by atoms with Crippen LogP contribution in [0.3, 0.4) is 0 Å². The van der Waals surface area contributed by atoms with Gasteiger partial charge in [0.05, 0.1) is 0 Å². The van der Waals surface area contributed by atoms with E-state index in [0.717, 1.165) is 19.5 Å². The van der Waals surface area contributed by atoms with Gasteiger partial charge in [-0.05, 0) is 17.9 Å². The summed E-state index contributed by atoms with van der Waals surface area (Å²) in [6.07, 6.45) is -4.63. The molecule has 0 N–H and O–H groups in total. The van der Waals surface area contributed by atoms with Crippen molar-refractivity contribution in [2.24, 2.45) is 0 Å². The Bertz CT molecular complexity index is 451. The fourth-order valence-electron chi connectivity index (χ4n) is 2.17. The van der Waals surface area contributed by atoms with Crippen LogP contribution in [0.2, 0.25) is 0 Å². The molecule has 8 heteroatoms. The quantitative estimate of drug-likeness (QED) is 0.858. The average molecular weight is 322 g/mol. The topological polar surface area (TPSA) is 32.8 Å². The first-order chi connectivity index (χ1) is 9.94. The zero-order valence-corrected chi connectivity index (χ0v) is 12.3. The molecule has 0 radical (unpaired) electrons. The van der Waals surface area contributed by atoms with Gasteiger partial charge < -0.3 is 9.64 Å². The van der Waals surface area contributed by atoms with Gasteiger partial charge in [0, 0.05) is 37.6 Å². The Balaban J connectivity index is 1.78. The first kappa shape index (κ1) is 16.1. The van der Waals surface area contributed by atoms with Gasteiger partial charge in [0.1, 0.15) is 0 Å². The van der Waals surface area contributed by atoms with E-state index < -0.39 is 18.9 Å². The minimum atomic E-state index is -4.48. The van der Waals surface area contributed by atoms with Crippen LogP contribution >= 0.6 is 11.3 Å². The number of rotatable bonds is 3. The Morgan fingerprint density at radius 3 is 2.76 bits per heavy atom. The predicted octanol–water partition coefficient (Wildman–Crippen LogP) is 2.95. The Morgan fingerprint density at radius 1 is 1.29 bits per heavy atom. The van der Waals surface area contributed by atoms with Gasteiger partial charge in [0.25, 0.3) is 0 Å². The lowest BCUT2D eigenvalue weighted by Gasteiger charge is -2.21. The number of alkyl halides is 3. The van der Waals surface area contributed by atoms with Gasteiger partial charge in [0.2, 0.25) is 0 Å². The van der Waals surface area contributed by atoms with E-state index >= 15 is 0 Å². The lowest BCUT2D eigenvalue weighted by atomic mass is 10.3. The van der Waals surface area contributed by atoms with Crippen LogP contribution in [0.4, 0.5) is 18.0 Å². The molecule has 0 aromatic carbocycles. The molecule has 0 bridgehead atoms. The zero-order valence-electron chi connectivity index (χ0n) is 11.4. The molecule has 4 nitrogen and oxygen atoms in total. The molecule has 118 valence electrons. The maximum atomic E-state index is 12.0. The summed E-state index contributed by atoms with van der Waals surface area (Å²) in [5.74, 6) is 0. The number of carbonyl (C=O) groups excluding carboxylic acids is 1. The molecule has 0 saturated carbocycles. The summed E-state index contributed by atoms with van der Waals surface area (Å²) in [5, 5.41) is 2.01. The van der Waals surface area contributed by atoms with E-state index in [0.29, 0.717) is 19.6 Å². The molecule has 1 saturated heterocycles. The molecular formula is C13H17F3N2O2S. The maximum absolute atomic E-state index is 12.0. The lowest BCUT2D eigenvalue weighted by molar-refractivity contribution is -0.162. The molecule has 1 amide bonds. The summed E-state index contributed by atoms with van der Waals surface area (Å²) >= 11 is 1.67. The molecule has 0 spiro atoms. The van der Waals surface area contributed by atoms with Gasteiger partial charge in [0.15, 0.2) is 6.61 Å². The highest BCUT2D eigenvalue weighted by molar-refractivity contribution is 7.09. The average Bonchev–Trinajstić information content (AvgIpc) is 2.80. The third-order valence-electron chi connectivity index (χ3n) is 3.17. The van der Waals surface area contributed by atoms with Crippen molar-refractivity contribution in [3.05, 3.63) is 22.4 Å². The minimum absolute atomic E-state index is 0.391. The van der Waals surface area contributed by atoms with E-state index in [2.05, 4.69) is 9.64 Å². The van der Waals surface area contributed by atoms with Crippen LogP contribution in [0.15, 0.2) is 17.5 Å². The van der Waals surface area contributed by atoms with Crippen LogP contribution in [0.25, 0.3) is 0 Å². The van der Waals surface area contributed by atoms with Crippen LogP contribution in [0.5, 0.6) is 0 Å². The van der Waals surface area contributed by atoms with E-state index in [9.17, 15) is 18.0 Å². The first-order valence-electron chi connectivity index (χ1n) is 6.67. The first-order valence-corrected chi connectivity index (χ1v) is 7.55. The highest BCUT2D eigenvalue weighted by Gasteiger charge is 2.31. The molecular weight excluding hydrogens is 305 g/mol. The smallest absolute Gasteiger partial charge is 0.422 e. The van der Waals surface area contributed by atoms with Crippen molar-refractivity contribution >= 4 is 17.4 Å². The van der Waals surface area contributed by atoms with Crippen LogP contribution in [0, 0.1) is 0 Å². The number of thiophene rings is 1. The molecule has 2 heterocycles. The van der Waals surface area contributed by atoms with Crippen molar-refractivity contribution in [1.82, 2.24) is 9.80 Å². The lowest BCUT2D eigenvalue weighted by Crippen LogP contribution is -2.37. The molecule has 1 aromatic rings. The molecule has 1 aliphatic heterocycles. The van der Waals surface area contributed by atoms with Crippen LogP contribution in [0.1, 0.15) is 11.3 Å². The van der Waals surface area contributed by atoms with Gasteiger partial charge in [-0.1, -0.05) is 6.07 Å². The highest BCUT2D eigenvalue weighted by atomic mass is 32.1. The van der Waals surface area contributed by atoms with E-state index in [1.165, 1.54) is 9.78 Å². The second-order valence-corrected chi connectivity index (χ2v) is 5.90. The van der Waals surface area contributed by atoms with Crippen LogP contribution < -0.4 is 0 Å². The Labute approximate surface area is 125 Å². The normalized spacial score (nSPS) is 17.6. The van der Waals surface area contributed by atoms with Crippen LogP contribution in [-0.2, 0) is 11.3 Å². The number of ether oxygens (including phenoxy) is 1. The van der Waals surface area contributed by atoms with Crippen LogP contribution in [-0.4, -0.2) is 54.9 Å². The Morgan fingerprint density at radius 2 is 2.10 bits per heavy atom. The molecule has 1 aliphatic rings. The summed E-state index contributed by atoms with van der Waals surface area (Å²) < 4.78 is 40.4. The highest BCUT2D eigenvalue weighted by Crippen LogP contribution is 2.16. The fraction of sp³-hybridized carbons (Fsp3) is 0.615. The standard InChI is InChI=1S/C13H17F3N2O2S/c14-13(15,16)10-20-12(19)18-5-2-4-17(6-7-18)9-11-3-1-8-21-11/h1,3,8H,2,4-7,9-10H2. The van der Waals surface area contributed by atoms with E-state index in [4.69, 9.17) is 0 Å². The van der Waals surface area contributed by atoms with E-state index in [1.807, 2.05) is 17.5 Å². The van der Waals surface area contributed by atoms with Gasteiger partial charge in [-0.3, -0.25) is 4.90 Å². The molecule has 2 rings (SSSR count). The SMILES string of the molecule is O=C(OCC(F)(F)F)N1CCCN(Cc2cccs2)CC1. The monoisotopic (exact) mass is 322 g/mol. The molecule has 1 fully saturated rings. The molecule has 0 aliphatic carbocycles. The Kier molecular flexibility index (Phi) is 5.46. The number of nitrogens with zero attached hydrogens (tertiary/aromatic N) is 2. The van der Waals surface area contributed by atoms with Crippen molar-refractivity contribution in [2.45, 2.75) is 19.1 Å². The van der Waals surface area contributed by atoms with Crippen molar-refractivity contribution in [2.75, 3.05) is 32.8 Å². The number of halogens is 3. The van der Waals surface area contributed by atoms with E-state index in [1.54, 1.807) is 11.3 Å². The van der Waals surface area contributed by atoms with Gasteiger partial charge in [-0.15, -0.1) is 11.3 Å². The molecule has 0 unspecified atom stereocenters. The molecule has 0 atom stereocenters. The zero-order chi connectivity index (χ0) is 15.3. The fourth-order valence-corrected chi connectivity index (χ4v) is 2.92. The number of amides is 1. The summed E-state index contributed by atoms with van der Waals surface area (Å²) in [4.78, 5) is 16.4. The van der Waals surface area contributed by atoms with Crippen molar-refractivity contribution in [3.8, 4) is 0 Å². The second kappa shape index (κ2) is 7.13. The van der Waals surface area contributed by atoms with E-state index in [-0.39, 0.29) is 0 Å². The minimum Gasteiger partial charge on any atom is -0.440 e. The van der Waals surface area contributed by atoms with Crippen molar-refractivity contribution in [1.29, 1.82) is 0 Å². The largest absolute Gasteiger partial charge is 0.440 e. The summed E-state index contributed by atoms with van der Waals surface area (Å²) in [5.41, 5.74) is 0. The predicted molar refractivity (Wildman–Crippen MR) is 73.2 cm³/mol. The van der Waals surface area contributed by atoms with Gasteiger partial charge in [-0.25, -0.2) is 4.79 Å².